The topological polar surface area (TPSA) is 47.6 Å². The number of rotatable bonds is 8. The van der Waals surface area contributed by atoms with Crippen LogP contribution in [0.5, 0.6) is 11.5 Å². The summed E-state index contributed by atoms with van der Waals surface area (Å²) >= 11 is 6.00. The van der Waals surface area contributed by atoms with Crippen molar-refractivity contribution in [2.75, 3.05) is 18.5 Å². The normalized spacial score (nSPS) is 10.2. The van der Waals surface area contributed by atoms with Gasteiger partial charge in [0.2, 0.25) is 5.91 Å². The zero-order valence-corrected chi connectivity index (χ0v) is 13.8. The Labute approximate surface area is 141 Å². The molecule has 0 bridgehead atoms. The van der Waals surface area contributed by atoms with E-state index in [4.69, 9.17) is 21.1 Å². The van der Waals surface area contributed by atoms with Crippen LogP contribution in [0.25, 0.3) is 0 Å². The Bertz CT molecular complexity index is 646. The van der Waals surface area contributed by atoms with Crippen molar-refractivity contribution in [2.45, 2.75) is 19.8 Å². The fourth-order valence-electron chi connectivity index (χ4n) is 2.03. The number of nitrogens with one attached hydrogen (secondary N) is 1. The first-order chi connectivity index (χ1) is 11.2. The van der Waals surface area contributed by atoms with Crippen LogP contribution in [-0.4, -0.2) is 19.1 Å². The van der Waals surface area contributed by atoms with Gasteiger partial charge in [-0.3, -0.25) is 4.79 Å². The van der Waals surface area contributed by atoms with Crippen LogP contribution >= 0.6 is 11.6 Å². The molecule has 0 aliphatic carbocycles. The molecule has 0 atom stereocenters. The van der Waals surface area contributed by atoms with Gasteiger partial charge in [0.25, 0.3) is 0 Å². The second-order valence-corrected chi connectivity index (χ2v) is 5.27. The zero-order valence-electron chi connectivity index (χ0n) is 13.0. The van der Waals surface area contributed by atoms with Crippen LogP contribution < -0.4 is 14.8 Å². The molecule has 0 saturated carbocycles. The Morgan fingerprint density at radius 2 is 1.70 bits per heavy atom. The quantitative estimate of drug-likeness (QED) is 0.722. The first kappa shape index (κ1) is 17.2. The molecular formula is C18H20ClNO3. The average molecular weight is 334 g/mol. The smallest absolute Gasteiger partial charge is 0.224 e. The summed E-state index contributed by atoms with van der Waals surface area (Å²) in [6.07, 6.45) is 0.971. The van der Waals surface area contributed by atoms with Gasteiger partial charge in [-0.2, -0.15) is 0 Å². The minimum atomic E-state index is -0.0835. The SMILES string of the molecule is CCOc1ccccc1OCCCC(=O)Nc1ccccc1Cl. The van der Waals surface area contributed by atoms with Crippen molar-refractivity contribution >= 4 is 23.2 Å². The Morgan fingerprint density at radius 3 is 2.39 bits per heavy atom. The van der Waals surface area contributed by atoms with E-state index < -0.39 is 0 Å². The summed E-state index contributed by atoms with van der Waals surface area (Å²) in [6.45, 7) is 2.95. The molecule has 0 saturated heterocycles. The highest BCUT2D eigenvalue weighted by atomic mass is 35.5. The van der Waals surface area contributed by atoms with Crippen LogP contribution in [0.15, 0.2) is 48.5 Å². The number of amides is 1. The third-order valence-corrected chi connectivity index (χ3v) is 3.43. The Balaban J connectivity index is 1.75. The van der Waals surface area contributed by atoms with Gasteiger partial charge in [-0.05, 0) is 37.6 Å². The van der Waals surface area contributed by atoms with E-state index in [-0.39, 0.29) is 5.91 Å². The monoisotopic (exact) mass is 333 g/mol. The molecular weight excluding hydrogens is 314 g/mol. The van der Waals surface area contributed by atoms with Crippen molar-refractivity contribution in [2.24, 2.45) is 0 Å². The van der Waals surface area contributed by atoms with Gasteiger partial charge in [-0.1, -0.05) is 35.9 Å². The predicted octanol–water partition coefficient (Wildman–Crippen LogP) is 4.54. The first-order valence-corrected chi connectivity index (χ1v) is 7.97. The van der Waals surface area contributed by atoms with Crippen LogP contribution in [0.4, 0.5) is 5.69 Å². The van der Waals surface area contributed by atoms with Crippen LogP contribution in [-0.2, 0) is 4.79 Å². The molecule has 0 radical (unpaired) electrons. The molecule has 2 aromatic rings. The van der Waals surface area contributed by atoms with Crippen molar-refractivity contribution < 1.29 is 14.3 Å². The molecule has 1 N–H and O–H groups in total. The van der Waals surface area contributed by atoms with Crippen molar-refractivity contribution in [1.82, 2.24) is 0 Å². The highest BCUT2D eigenvalue weighted by molar-refractivity contribution is 6.33. The first-order valence-electron chi connectivity index (χ1n) is 7.59. The highest BCUT2D eigenvalue weighted by Crippen LogP contribution is 2.26. The number of carbonyl (C=O) groups is 1. The van der Waals surface area contributed by atoms with Crippen molar-refractivity contribution in [3.05, 3.63) is 53.6 Å². The molecule has 2 rings (SSSR count). The van der Waals surface area contributed by atoms with E-state index in [0.29, 0.717) is 42.5 Å². The number of carbonyl (C=O) groups excluding carboxylic acids is 1. The zero-order chi connectivity index (χ0) is 16.5. The van der Waals surface area contributed by atoms with Gasteiger partial charge >= 0.3 is 0 Å². The summed E-state index contributed by atoms with van der Waals surface area (Å²) in [4.78, 5) is 11.9. The van der Waals surface area contributed by atoms with Gasteiger partial charge in [-0.15, -0.1) is 0 Å². The molecule has 0 aliphatic rings. The number of benzene rings is 2. The van der Waals surface area contributed by atoms with Crippen molar-refractivity contribution in [1.29, 1.82) is 0 Å². The van der Waals surface area contributed by atoms with Gasteiger partial charge in [-0.25, -0.2) is 0 Å². The molecule has 0 heterocycles. The molecule has 5 heteroatoms. The summed E-state index contributed by atoms with van der Waals surface area (Å²) in [5, 5.41) is 3.32. The fraction of sp³-hybridized carbons (Fsp3) is 0.278. The van der Waals surface area contributed by atoms with Gasteiger partial charge in [0, 0.05) is 6.42 Å². The summed E-state index contributed by atoms with van der Waals surface area (Å²) in [7, 11) is 0. The van der Waals surface area contributed by atoms with Crippen LogP contribution in [0.3, 0.4) is 0 Å². The van der Waals surface area contributed by atoms with E-state index >= 15 is 0 Å². The molecule has 2 aromatic carbocycles. The molecule has 0 aromatic heterocycles. The standard InChI is InChI=1S/C18H20ClNO3/c1-2-22-16-10-5-6-11-17(16)23-13-7-12-18(21)20-15-9-4-3-8-14(15)19/h3-6,8-11H,2,7,12-13H2,1H3,(H,20,21). The lowest BCUT2D eigenvalue weighted by atomic mass is 10.2. The number of ether oxygens (including phenoxy) is 2. The largest absolute Gasteiger partial charge is 0.490 e. The van der Waals surface area contributed by atoms with E-state index in [1.807, 2.05) is 43.3 Å². The molecule has 122 valence electrons. The Morgan fingerprint density at radius 1 is 1.04 bits per heavy atom. The second-order valence-electron chi connectivity index (χ2n) is 4.86. The lowest BCUT2D eigenvalue weighted by Gasteiger charge is -2.11. The molecule has 4 nitrogen and oxygen atoms in total. The van der Waals surface area contributed by atoms with Gasteiger partial charge < -0.3 is 14.8 Å². The highest BCUT2D eigenvalue weighted by Gasteiger charge is 2.07. The number of anilines is 1. The minimum absolute atomic E-state index is 0.0835. The third kappa shape index (κ3) is 5.49. The number of halogens is 1. The van der Waals surface area contributed by atoms with Crippen LogP contribution in [0.2, 0.25) is 5.02 Å². The minimum Gasteiger partial charge on any atom is -0.490 e. The third-order valence-electron chi connectivity index (χ3n) is 3.10. The second kappa shape index (κ2) is 9.06. The predicted molar refractivity (Wildman–Crippen MR) is 92.4 cm³/mol. The van der Waals surface area contributed by atoms with E-state index in [9.17, 15) is 4.79 Å². The van der Waals surface area contributed by atoms with Gasteiger partial charge in [0.1, 0.15) is 0 Å². The maximum absolute atomic E-state index is 11.9. The number of para-hydroxylation sites is 3. The summed E-state index contributed by atoms with van der Waals surface area (Å²) in [5.74, 6) is 1.33. The van der Waals surface area contributed by atoms with E-state index in [1.165, 1.54) is 0 Å². The van der Waals surface area contributed by atoms with Crippen LogP contribution in [0.1, 0.15) is 19.8 Å². The molecule has 0 fully saturated rings. The lowest BCUT2D eigenvalue weighted by molar-refractivity contribution is -0.116. The summed E-state index contributed by atoms with van der Waals surface area (Å²) in [6, 6.07) is 14.7. The molecule has 23 heavy (non-hydrogen) atoms. The lowest BCUT2D eigenvalue weighted by Crippen LogP contribution is -2.13. The van der Waals surface area contributed by atoms with Crippen LogP contribution in [0, 0.1) is 0 Å². The van der Waals surface area contributed by atoms with Gasteiger partial charge in [0.05, 0.1) is 23.9 Å². The maximum Gasteiger partial charge on any atom is 0.224 e. The van der Waals surface area contributed by atoms with E-state index in [1.54, 1.807) is 12.1 Å². The maximum atomic E-state index is 11.9. The number of hydrogen-bond donors (Lipinski definition) is 1. The molecule has 0 unspecified atom stereocenters. The van der Waals surface area contributed by atoms with Gasteiger partial charge in [0.15, 0.2) is 11.5 Å². The van der Waals surface area contributed by atoms with Crippen molar-refractivity contribution in [3.63, 3.8) is 0 Å². The van der Waals surface area contributed by atoms with E-state index in [2.05, 4.69) is 5.32 Å². The molecule has 1 amide bonds. The summed E-state index contributed by atoms with van der Waals surface area (Å²) in [5.41, 5.74) is 0.627. The average Bonchev–Trinajstić information content (AvgIpc) is 2.55. The number of hydrogen-bond acceptors (Lipinski definition) is 3. The fourth-order valence-corrected chi connectivity index (χ4v) is 2.22. The molecule has 0 spiro atoms. The Kier molecular flexibility index (Phi) is 6.76. The molecule has 0 aliphatic heterocycles. The van der Waals surface area contributed by atoms with E-state index in [0.717, 1.165) is 5.75 Å². The summed E-state index contributed by atoms with van der Waals surface area (Å²) < 4.78 is 11.2. The van der Waals surface area contributed by atoms with Crippen molar-refractivity contribution in [3.8, 4) is 11.5 Å². The Hall–Kier alpha value is -2.20.